The molecule has 19 heavy (non-hydrogen) atoms. The second-order valence-electron chi connectivity index (χ2n) is 5.82. The zero-order valence-corrected chi connectivity index (χ0v) is 14.4. The molecule has 2 nitrogen and oxygen atoms in total. The largest absolute Gasteiger partial charge is 0.489 e. The van der Waals surface area contributed by atoms with Crippen molar-refractivity contribution < 1.29 is 4.74 Å². The summed E-state index contributed by atoms with van der Waals surface area (Å²) >= 11 is 9.51. The van der Waals surface area contributed by atoms with Crippen LogP contribution >= 0.6 is 27.5 Å². The molecule has 1 atom stereocenters. The van der Waals surface area contributed by atoms with E-state index in [4.69, 9.17) is 16.3 Å². The van der Waals surface area contributed by atoms with E-state index in [-0.39, 0.29) is 11.6 Å². The molecule has 1 aromatic carbocycles. The van der Waals surface area contributed by atoms with Crippen LogP contribution in [0.25, 0.3) is 0 Å². The minimum atomic E-state index is 0.167. The predicted octanol–water partition coefficient (Wildman–Crippen LogP) is 5.04. The molecule has 1 aromatic rings. The molecule has 0 saturated heterocycles. The second-order valence-corrected chi connectivity index (χ2v) is 7.15. The lowest BCUT2D eigenvalue weighted by atomic mass is 10.1. The van der Waals surface area contributed by atoms with Crippen molar-refractivity contribution in [1.82, 2.24) is 5.32 Å². The molecule has 0 radical (unpaired) electrons. The summed E-state index contributed by atoms with van der Waals surface area (Å²) in [5, 5.41) is 4.12. The lowest BCUT2D eigenvalue weighted by Gasteiger charge is -2.21. The Morgan fingerprint density at radius 1 is 1.37 bits per heavy atom. The van der Waals surface area contributed by atoms with Gasteiger partial charge < -0.3 is 10.1 Å². The normalized spacial score (nSPS) is 13.4. The Bertz CT molecular complexity index is 404. The molecule has 0 aromatic heterocycles. The van der Waals surface area contributed by atoms with E-state index < -0.39 is 0 Å². The lowest BCUT2D eigenvalue weighted by molar-refractivity contribution is 0.206. The summed E-state index contributed by atoms with van der Waals surface area (Å²) in [6, 6.07) is 5.69. The molecular weight excluding hydrogens is 326 g/mol. The Hall–Kier alpha value is -0.250. The molecule has 0 amide bonds. The van der Waals surface area contributed by atoms with Crippen LogP contribution < -0.4 is 10.1 Å². The first-order valence-corrected chi connectivity index (χ1v) is 7.82. The fraction of sp³-hybridized carbons (Fsp3) is 0.600. The highest BCUT2D eigenvalue weighted by Crippen LogP contribution is 2.28. The smallest absolute Gasteiger partial charge is 0.138 e. The van der Waals surface area contributed by atoms with Crippen LogP contribution in [0.3, 0.4) is 0 Å². The van der Waals surface area contributed by atoms with Crippen LogP contribution in [0, 0.1) is 0 Å². The Morgan fingerprint density at radius 3 is 2.63 bits per heavy atom. The molecule has 4 heteroatoms. The SMILES string of the molecule is CC(CCCNC(C)(C)C)Oc1ccc(Br)cc1Cl. The molecule has 0 bridgehead atoms. The van der Waals surface area contributed by atoms with Crippen molar-refractivity contribution in [2.24, 2.45) is 0 Å². The Balaban J connectivity index is 2.33. The second kappa shape index (κ2) is 7.51. The highest BCUT2D eigenvalue weighted by atomic mass is 79.9. The minimum Gasteiger partial charge on any atom is -0.489 e. The zero-order chi connectivity index (χ0) is 14.5. The van der Waals surface area contributed by atoms with E-state index in [1.807, 2.05) is 18.2 Å². The minimum absolute atomic E-state index is 0.167. The lowest BCUT2D eigenvalue weighted by Crippen LogP contribution is -2.36. The molecule has 1 rings (SSSR count). The fourth-order valence-electron chi connectivity index (χ4n) is 1.70. The summed E-state index contributed by atoms with van der Waals surface area (Å²) in [5.74, 6) is 0.751. The maximum Gasteiger partial charge on any atom is 0.138 e. The third kappa shape index (κ3) is 7.19. The van der Waals surface area contributed by atoms with Gasteiger partial charge in [-0.2, -0.15) is 0 Å². The molecule has 0 aliphatic rings. The van der Waals surface area contributed by atoms with Crippen molar-refractivity contribution >= 4 is 27.5 Å². The number of benzene rings is 1. The van der Waals surface area contributed by atoms with E-state index in [9.17, 15) is 0 Å². The van der Waals surface area contributed by atoms with Gasteiger partial charge in [0, 0.05) is 10.0 Å². The maximum atomic E-state index is 6.13. The van der Waals surface area contributed by atoms with Crippen molar-refractivity contribution in [2.45, 2.75) is 52.2 Å². The molecule has 0 aliphatic carbocycles. The van der Waals surface area contributed by atoms with E-state index >= 15 is 0 Å². The summed E-state index contributed by atoms with van der Waals surface area (Å²) in [5.41, 5.74) is 0.180. The zero-order valence-electron chi connectivity index (χ0n) is 12.1. The van der Waals surface area contributed by atoms with E-state index in [0.29, 0.717) is 5.02 Å². The summed E-state index contributed by atoms with van der Waals surface area (Å²) in [6.07, 6.45) is 2.27. The van der Waals surface area contributed by atoms with Crippen LogP contribution in [-0.4, -0.2) is 18.2 Å². The molecule has 0 saturated carbocycles. The van der Waals surface area contributed by atoms with Gasteiger partial charge in [0.1, 0.15) is 5.75 Å². The molecular formula is C15H23BrClNO. The van der Waals surface area contributed by atoms with Gasteiger partial charge in [-0.25, -0.2) is 0 Å². The van der Waals surface area contributed by atoms with Crippen molar-refractivity contribution in [3.63, 3.8) is 0 Å². The highest BCUT2D eigenvalue weighted by molar-refractivity contribution is 9.10. The van der Waals surface area contributed by atoms with Crippen LogP contribution in [0.15, 0.2) is 22.7 Å². The number of nitrogens with one attached hydrogen (secondary N) is 1. The molecule has 108 valence electrons. The summed E-state index contributed by atoms with van der Waals surface area (Å²) in [4.78, 5) is 0. The van der Waals surface area contributed by atoms with Gasteiger partial charge in [0.25, 0.3) is 0 Å². The summed E-state index contributed by atoms with van der Waals surface area (Å²) in [6.45, 7) is 9.61. The van der Waals surface area contributed by atoms with Crippen LogP contribution in [0.5, 0.6) is 5.75 Å². The quantitative estimate of drug-likeness (QED) is 0.727. The summed E-state index contributed by atoms with van der Waals surface area (Å²) < 4.78 is 6.82. The molecule has 1 N–H and O–H groups in total. The van der Waals surface area contributed by atoms with Gasteiger partial charge in [-0.15, -0.1) is 0 Å². The van der Waals surface area contributed by atoms with Crippen LogP contribution in [0.1, 0.15) is 40.5 Å². The van der Waals surface area contributed by atoms with Gasteiger partial charge >= 0.3 is 0 Å². The van der Waals surface area contributed by atoms with Gasteiger partial charge in [-0.05, 0) is 65.3 Å². The van der Waals surface area contributed by atoms with Crippen molar-refractivity contribution in [1.29, 1.82) is 0 Å². The number of halogens is 2. The summed E-state index contributed by atoms with van der Waals surface area (Å²) in [7, 11) is 0. The van der Waals surface area contributed by atoms with Crippen LogP contribution in [-0.2, 0) is 0 Å². The number of rotatable bonds is 6. The van der Waals surface area contributed by atoms with Crippen LogP contribution in [0.4, 0.5) is 0 Å². The van der Waals surface area contributed by atoms with Gasteiger partial charge in [-0.1, -0.05) is 27.5 Å². The Kier molecular flexibility index (Phi) is 6.64. The predicted molar refractivity (Wildman–Crippen MR) is 86.2 cm³/mol. The molecule has 0 heterocycles. The van der Waals surface area contributed by atoms with Crippen molar-refractivity contribution in [3.05, 3.63) is 27.7 Å². The number of ether oxygens (including phenoxy) is 1. The molecule has 0 aliphatic heterocycles. The standard InChI is InChI=1S/C15H23BrClNO/c1-11(6-5-9-18-15(2,3)4)19-14-8-7-12(16)10-13(14)17/h7-8,10-11,18H,5-6,9H2,1-4H3. The highest BCUT2D eigenvalue weighted by Gasteiger charge is 2.10. The number of hydrogen-bond acceptors (Lipinski definition) is 2. The average Bonchev–Trinajstić information content (AvgIpc) is 2.27. The third-order valence-corrected chi connectivity index (χ3v) is 3.45. The first kappa shape index (κ1) is 16.8. The first-order chi connectivity index (χ1) is 8.78. The average molecular weight is 349 g/mol. The number of hydrogen-bond donors (Lipinski definition) is 1. The van der Waals surface area contributed by atoms with E-state index in [1.54, 1.807) is 0 Å². The molecule has 1 unspecified atom stereocenters. The molecule has 0 spiro atoms. The fourth-order valence-corrected chi connectivity index (χ4v) is 2.42. The van der Waals surface area contributed by atoms with Crippen LogP contribution in [0.2, 0.25) is 5.02 Å². The van der Waals surface area contributed by atoms with Crippen molar-refractivity contribution in [2.75, 3.05) is 6.54 Å². The van der Waals surface area contributed by atoms with Gasteiger partial charge in [0.2, 0.25) is 0 Å². The maximum absolute atomic E-state index is 6.13. The van der Waals surface area contributed by atoms with Gasteiger partial charge in [0.05, 0.1) is 11.1 Å². The van der Waals surface area contributed by atoms with E-state index in [0.717, 1.165) is 29.6 Å². The van der Waals surface area contributed by atoms with Gasteiger partial charge in [-0.3, -0.25) is 0 Å². The first-order valence-electron chi connectivity index (χ1n) is 6.64. The third-order valence-electron chi connectivity index (χ3n) is 2.66. The Morgan fingerprint density at radius 2 is 2.05 bits per heavy atom. The van der Waals surface area contributed by atoms with Crippen molar-refractivity contribution in [3.8, 4) is 5.75 Å². The monoisotopic (exact) mass is 347 g/mol. The van der Waals surface area contributed by atoms with E-state index in [1.165, 1.54) is 0 Å². The Labute approximate surface area is 130 Å². The topological polar surface area (TPSA) is 21.3 Å². The van der Waals surface area contributed by atoms with E-state index in [2.05, 4.69) is 48.9 Å². The van der Waals surface area contributed by atoms with Gasteiger partial charge in [0.15, 0.2) is 0 Å². The molecule has 0 fully saturated rings.